The fourth-order valence-corrected chi connectivity index (χ4v) is 5.02. The van der Waals surface area contributed by atoms with Gasteiger partial charge >= 0.3 is 6.09 Å². The van der Waals surface area contributed by atoms with Crippen LogP contribution in [0.15, 0.2) is 41.6 Å². The number of rotatable bonds is 7. The predicted molar refractivity (Wildman–Crippen MR) is 125 cm³/mol. The van der Waals surface area contributed by atoms with E-state index in [1.165, 1.54) is 11.2 Å². The number of sulfone groups is 1. The summed E-state index contributed by atoms with van der Waals surface area (Å²) < 4.78 is 34.4. The summed E-state index contributed by atoms with van der Waals surface area (Å²) in [7, 11) is -3.23. The molecule has 34 heavy (non-hydrogen) atoms. The lowest BCUT2D eigenvalue weighted by Crippen LogP contribution is -2.55. The number of benzene rings is 1. The summed E-state index contributed by atoms with van der Waals surface area (Å²) in [5.41, 5.74) is 0.831. The molecule has 3 heterocycles. The molecular weight excluding hydrogens is 460 g/mol. The zero-order valence-corrected chi connectivity index (χ0v) is 20.0. The molecule has 0 unspecified atom stereocenters. The second-order valence-corrected chi connectivity index (χ2v) is 10.8. The van der Waals surface area contributed by atoms with Crippen LogP contribution in [0, 0.1) is 5.92 Å². The maximum absolute atomic E-state index is 11.6. The van der Waals surface area contributed by atoms with Crippen LogP contribution in [-0.4, -0.2) is 79.6 Å². The second-order valence-electron chi connectivity index (χ2n) is 8.79. The van der Waals surface area contributed by atoms with Gasteiger partial charge in [0.2, 0.25) is 5.95 Å². The molecule has 11 heteroatoms. The van der Waals surface area contributed by atoms with E-state index >= 15 is 0 Å². The van der Waals surface area contributed by atoms with Crippen molar-refractivity contribution in [2.24, 2.45) is 5.92 Å². The van der Waals surface area contributed by atoms with Crippen molar-refractivity contribution in [3.05, 3.63) is 42.2 Å². The van der Waals surface area contributed by atoms with E-state index in [1.807, 2.05) is 0 Å². The quantitative estimate of drug-likeness (QED) is 0.623. The van der Waals surface area contributed by atoms with Crippen LogP contribution in [0.5, 0.6) is 5.75 Å². The first-order chi connectivity index (χ1) is 16.3. The lowest BCUT2D eigenvalue weighted by Gasteiger charge is -2.42. The fraction of sp³-hybridized carbons (Fsp3) is 0.522. The molecule has 1 aromatic carbocycles. The van der Waals surface area contributed by atoms with E-state index in [0.29, 0.717) is 37.3 Å². The minimum atomic E-state index is -3.23. The summed E-state index contributed by atoms with van der Waals surface area (Å²) in [6.45, 7) is 3.13. The van der Waals surface area contributed by atoms with Gasteiger partial charge in [0, 0.05) is 45.1 Å². The van der Waals surface area contributed by atoms with Gasteiger partial charge in [0.25, 0.3) is 0 Å². The maximum atomic E-state index is 11.6. The molecule has 0 spiro atoms. The highest BCUT2D eigenvalue weighted by Gasteiger charge is 2.33. The first-order valence-corrected chi connectivity index (χ1v) is 13.2. The summed E-state index contributed by atoms with van der Waals surface area (Å²) in [6, 6.07) is 6.56. The Morgan fingerprint density at radius 2 is 1.82 bits per heavy atom. The largest absolute Gasteiger partial charge is 0.486 e. The minimum Gasteiger partial charge on any atom is -0.486 e. The zero-order valence-electron chi connectivity index (χ0n) is 19.2. The molecule has 0 radical (unpaired) electrons. The lowest BCUT2D eigenvalue weighted by atomic mass is 9.91. The van der Waals surface area contributed by atoms with Crippen LogP contribution >= 0.6 is 0 Å². The third-order valence-corrected chi connectivity index (χ3v) is 7.46. The van der Waals surface area contributed by atoms with Crippen LogP contribution in [0.1, 0.15) is 24.8 Å². The van der Waals surface area contributed by atoms with Crippen LogP contribution in [0.2, 0.25) is 0 Å². The Morgan fingerprint density at radius 3 is 2.44 bits per heavy atom. The standard InChI is InChI=1S/C23H30N4O6S/c1-34(30,31)21-4-2-18(3-5-21)16-33-20-13-24-22(25-14-20)27-9-8-26(23(28)29)15-19(27)12-17-6-10-32-11-7-17/h2-5,13-14,17,19H,6-12,15-16H2,1H3,(H,28,29)/t19-/m1/s1. The van der Waals surface area contributed by atoms with E-state index in [0.717, 1.165) is 38.0 Å². The number of amides is 1. The predicted octanol–water partition coefficient (Wildman–Crippen LogP) is 2.44. The molecule has 4 rings (SSSR count). The summed E-state index contributed by atoms with van der Waals surface area (Å²) in [5, 5.41) is 9.47. The SMILES string of the molecule is CS(=O)(=O)c1ccc(COc2cnc(N3CCN(C(=O)O)C[C@H]3CC3CCOCC3)nc2)cc1. The smallest absolute Gasteiger partial charge is 0.407 e. The average molecular weight is 491 g/mol. The van der Waals surface area contributed by atoms with E-state index in [9.17, 15) is 18.3 Å². The van der Waals surface area contributed by atoms with Crippen molar-refractivity contribution in [1.82, 2.24) is 14.9 Å². The summed E-state index contributed by atoms with van der Waals surface area (Å²) >= 11 is 0. The van der Waals surface area contributed by atoms with Gasteiger partial charge in [0.15, 0.2) is 15.6 Å². The van der Waals surface area contributed by atoms with Crippen LogP contribution < -0.4 is 9.64 Å². The van der Waals surface area contributed by atoms with Crippen molar-refractivity contribution >= 4 is 21.9 Å². The highest BCUT2D eigenvalue weighted by Crippen LogP contribution is 2.27. The molecule has 2 fully saturated rings. The molecule has 1 amide bonds. The number of aromatic nitrogens is 2. The zero-order chi connectivity index (χ0) is 24.1. The summed E-state index contributed by atoms with van der Waals surface area (Å²) in [4.78, 5) is 24.4. The van der Waals surface area contributed by atoms with Crippen molar-refractivity contribution < 1.29 is 27.8 Å². The van der Waals surface area contributed by atoms with Crippen molar-refractivity contribution in [3.8, 4) is 5.75 Å². The Morgan fingerprint density at radius 1 is 1.15 bits per heavy atom. The fourth-order valence-electron chi connectivity index (χ4n) is 4.39. The van der Waals surface area contributed by atoms with Crippen LogP contribution in [0.3, 0.4) is 0 Å². The van der Waals surface area contributed by atoms with Crippen molar-refractivity contribution in [1.29, 1.82) is 0 Å². The Kier molecular flexibility index (Phi) is 7.52. The van der Waals surface area contributed by atoms with Gasteiger partial charge in [-0.1, -0.05) is 12.1 Å². The number of nitrogens with zero attached hydrogens (tertiary/aromatic N) is 4. The van der Waals surface area contributed by atoms with Gasteiger partial charge in [-0.3, -0.25) is 0 Å². The number of ether oxygens (including phenoxy) is 2. The number of carbonyl (C=O) groups is 1. The molecule has 0 aliphatic carbocycles. The molecule has 0 bridgehead atoms. The number of anilines is 1. The van der Waals surface area contributed by atoms with Gasteiger partial charge in [-0.05, 0) is 42.9 Å². The van der Waals surface area contributed by atoms with Crippen molar-refractivity contribution in [2.75, 3.05) is 44.0 Å². The Bertz CT molecular complexity index is 1070. The average Bonchev–Trinajstić information content (AvgIpc) is 2.83. The highest BCUT2D eigenvalue weighted by atomic mass is 32.2. The summed E-state index contributed by atoms with van der Waals surface area (Å²) in [6.07, 6.45) is 6.34. The first kappa shape index (κ1) is 24.2. The first-order valence-electron chi connectivity index (χ1n) is 11.4. The van der Waals surface area contributed by atoms with Gasteiger partial charge in [0.05, 0.1) is 17.3 Å². The minimum absolute atomic E-state index is 0.00748. The van der Waals surface area contributed by atoms with Gasteiger partial charge in [-0.25, -0.2) is 23.2 Å². The lowest BCUT2D eigenvalue weighted by molar-refractivity contribution is 0.0582. The Labute approximate surface area is 199 Å². The van der Waals surface area contributed by atoms with E-state index < -0.39 is 15.9 Å². The molecule has 10 nitrogen and oxygen atoms in total. The highest BCUT2D eigenvalue weighted by molar-refractivity contribution is 7.90. The number of hydrogen-bond acceptors (Lipinski definition) is 8. The normalized spacial score (nSPS) is 19.7. The number of carboxylic acid groups (broad SMARTS) is 1. The number of hydrogen-bond donors (Lipinski definition) is 1. The molecule has 1 N–H and O–H groups in total. The van der Waals surface area contributed by atoms with Gasteiger partial charge in [-0.2, -0.15) is 0 Å². The van der Waals surface area contributed by atoms with Gasteiger partial charge < -0.3 is 24.4 Å². The molecule has 2 aromatic rings. The molecule has 2 aliphatic rings. The Hall–Kier alpha value is -2.92. The maximum Gasteiger partial charge on any atom is 0.407 e. The molecule has 184 valence electrons. The molecule has 1 aromatic heterocycles. The van der Waals surface area contributed by atoms with Gasteiger partial charge in [0.1, 0.15) is 6.61 Å². The van der Waals surface area contributed by atoms with E-state index in [-0.39, 0.29) is 17.5 Å². The molecule has 2 saturated heterocycles. The van der Waals surface area contributed by atoms with E-state index in [1.54, 1.807) is 36.7 Å². The van der Waals surface area contributed by atoms with Gasteiger partial charge in [-0.15, -0.1) is 0 Å². The van der Waals surface area contributed by atoms with Crippen LogP contribution in [0.4, 0.5) is 10.7 Å². The second kappa shape index (κ2) is 10.6. The molecule has 0 saturated carbocycles. The third-order valence-electron chi connectivity index (χ3n) is 6.33. The molecule has 2 aliphatic heterocycles. The van der Waals surface area contributed by atoms with E-state index in [2.05, 4.69) is 14.9 Å². The monoisotopic (exact) mass is 490 g/mol. The van der Waals surface area contributed by atoms with Crippen molar-refractivity contribution in [2.45, 2.75) is 36.8 Å². The van der Waals surface area contributed by atoms with Crippen molar-refractivity contribution in [3.63, 3.8) is 0 Å². The van der Waals surface area contributed by atoms with Crippen LogP contribution in [0.25, 0.3) is 0 Å². The molecular formula is C23H30N4O6S. The third kappa shape index (κ3) is 6.15. The molecule has 1 atom stereocenters. The summed E-state index contributed by atoms with van der Waals surface area (Å²) in [5.74, 6) is 1.56. The van der Waals surface area contributed by atoms with E-state index in [4.69, 9.17) is 9.47 Å². The Balaban J connectivity index is 1.39. The topological polar surface area (TPSA) is 122 Å². The van der Waals surface area contributed by atoms with Crippen LogP contribution in [-0.2, 0) is 21.2 Å². The number of piperazine rings is 1.